The lowest BCUT2D eigenvalue weighted by atomic mass is 10.0. The highest BCUT2D eigenvalue weighted by Crippen LogP contribution is 2.66. The number of aromatic nitrogens is 2. The van der Waals surface area contributed by atoms with Crippen LogP contribution in [-0.4, -0.2) is 70.9 Å². The van der Waals surface area contributed by atoms with E-state index >= 15 is 0 Å². The van der Waals surface area contributed by atoms with E-state index in [1.54, 1.807) is 6.92 Å². The first kappa shape index (κ1) is 28.0. The largest absolute Gasteiger partial charge is 0.490 e. The lowest BCUT2D eigenvalue weighted by molar-refractivity contribution is -0.0236. The summed E-state index contributed by atoms with van der Waals surface area (Å²) < 4.78 is 56.8. The Hall–Kier alpha value is -1.23. The molecule has 0 radical (unpaired) electrons. The van der Waals surface area contributed by atoms with Gasteiger partial charge in [0.1, 0.15) is 30.0 Å². The molecule has 1 aliphatic rings. The van der Waals surface area contributed by atoms with Gasteiger partial charge in [0.2, 0.25) is 5.88 Å². The zero-order chi connectivity index (χ0) is 25.4. The number of hydrogen-bond acceptors (Lipinski definition) is 12. The summed E-state index contributed by atoms with van der Waals surface area (Å²) in [5.41, 5.74) is -2.23. The number of phosphoric ester groups is 1. The Morgan fingerprint density at radius 2 is 1.64 bits per heavy atom. The zero-order valence-corrected chi connectivity index (χ0v) is 19.5. The number of aromatic amines is 1. The van der Waals surface area contributed by atoms with E-state index in [-0.39, 0.29) is 18.1 Å². The molecule has 1 aliphatic heterocycles. The van der Waals surface area contributed by atoms with Crippen molar-refractivity contribution in [2.75, 3.05) is 13.2 Å². The van der Waals surface area contributed by atoms with Crippen molar-refractivity contribution < 1.29 is 66.1 Å². The molecule has 1 aromatic heterocycles. The van der Waals surface area contributed by atoms with Crippen LogP contribution in [-0.2, 0) is 38.6 Å². The lowest BCUT2D eigenvalue weighted by Gasteiger charge is -2.19. The Kier molecular flexibility index (Phi) is 8.64. The molecule has 1 aromatic rings. The monoisotopic (exact) mass is 542 g/mol. The fraction of sp³-hybridized carbons (Fsp3) is 0.667. The smallest absolute Gasteiger partial charge is 0.479 e. The van der Waals surface area contributed by atoms with Crippen molar-refractivity contribution in [3.63, 3.8) is 0 Å². The van der Waals surface area contributed by atoms with Gasteiger partial charge < -0.3 is 39.3 Å². The number of hydrogen-bond donors (Lipinski definition) is 7. The van der Waals surface area contributed by atoms with E-state index in [1.807, 2.05) is 4.98 Å². The number of aliphatic hydroxyl groups is 2. The van der Waals surface area contributed by atoms with E-state index in [9.17, 15) is 38.4 Å². The Morgan fingerprint density at radius 1 is 1.03 bits per heavy atom. The third-order valence-corrected chi connectivity index (χ3v) is 7.85. The Labute approximate surface area is 183 Å². The SMILES string of the molecule is CCOc1c([C@@H]2O[C@H](COP(=O)(O)OP(=O)(O)OP(=O)(O)O)[C@@H](O)[C@H]2O)c(=O)[nH]c(=O)n1C. The Morgan fingerprint density at radius 3 is 2.18 bits per heavy atom. The molecule has 21 heteroatoms. The molecule has 0 amide bonds. The maximum atomic E-state index is 12.3. The summed E-state index contributed by atoms with van der Waals surface area (Å²) in [5.74, 6) is -0.281. The minimum atomic E-state index is -5.76. The van der Waals surface area contributed by atoms with Crippen molar-refractivity contribution in [3.05, 3.63) is 26.4 Å². The standard InChI is InChI=1S/C12H21N2O16P3/c1-3-26-11-6(10(17)13-12(18)14(11)2)9-8(16)7(15)5(28-9)4-27-32(22,23)30-33(24,25)29-31(19,20)21/h5,7-9,15-16H,3-4H2,1-2H3,(H,22,23)(H,24,25)(H,13,17,18)(H2,19,20,21)/t5-,7-,8-,9+/m1/s1. The van der Waals surface area contributed by atoms with E-state index in [1.165, 1.54) is 7.05 Å². The van der Waals surface area contributed by atoms with Crippen molar-refractivity contribution in [2.45, 2.75) is 31.3 Å². The van der Waals surface area contributed by atoms with Crippen molar-refractivity contribution in [1.29, 1.82) is 0 Å². The van der Waals surface area contributed by atoms with Crippen LogP contribution in [0.2, 0.25) is 0 Å². The lowest BCUT2D eigenvalue weighted by Crippen LogP contribution is -2.36. The maximum Gasteiger partial charge on any atom is 0.490 e. The van der Waals surface area contributed by atoms with E-state index in [0.717, 1.165) is 4.57 Å². The summed E-state index contributed by atoms with van der Waals surface area (Å²) in [5, 5.41) is 20.5. The first-order valence-electron chi connectivity index (χ1n) is 8.74. The van der Waals surface area contributed by atoms with Gasteiger partial charge in [0, 0.05) is 7.05 Å². The average Bonchev–Trinajstić information content (AvgIpc) is 2.90. The van der Waals surface area contributed by atoms with E-state index in [4.69, 9.17) is 24.2 Å². The van der Waals surface area contributed by atoms with Crippen molar-refractivity contribution in [1.82, 2.24) is 9.55 Å². The summed E-state index contributed by atoms with van der Waals surface area (Å²) in [4.78, 5) is 61.7. The second kappa shape index (κ2) is 10.2. The first-order chi connectivity index (χ1) is 15.0. The number of H-pyrrole nitrogens is 1. The van der Waals surface area contributed by atoms with Crippen molar-refractivity contribution in [3.8, 4) is 5.88 Å². The molecule has 1 saturated heterocycles. The molecule has 0 aliphatic carbocycles. The molecule has 2 rings (SSSR count). The molecule has 7 N–H and O–H groups in total. The van der Waals surface area contributed by atoms with Gasteiger partial charge in [-0.2, -0.15) is 8.62 Å². The molecular formula is C12H21N2O16P3. The van der Waals surface area contributed by atoms with Crippen molar-refractivity contribution >= 4 is 23.5 Å². The molecule has 33 heavy (non-hydrogen) atoms. The topological polar surface area (TPSA) is 274 Å². The molecule has 0 spiro atoms. The van der Waals surface area contributed by atoms with Gasteiger partial charge in [0.15, 0.2) is 0 Å². The molecule has 0 bridgehead atoms. The van der Waals surface area contributed by atoms with Crippen LogP contribution in [0.3, 0.4) is 0 Å². The van der Waals surface area contributed by atoms with Gasteiger partial charge in [0.05, 0.1) is 13.2 Å². The minimum absolute atomic E-state index is 0.00454. The maximum absolute atomic E-state index is 12.3. The molecular weight excluding hydrogens is 521 g/mol. The van der Waals surface area contributed by atoms with Gasteiger partial charge in [-0.15, -0.1) is 0 Å². The Balaban J connectivity index is 2.21. The van der Waals surface area contributed by atoms with Crippen molar-refractivity contribution in [2.24, 2.45) is 7.05 Å². The van der Waals surface area contributed by atoms with Crippen LogP contribution in [0.25, 0.3) is 0 Å². The number of aliphatic hydroxyl groups excluding tert-OH is 2. The van der Waals surface area contributed by atoms with Crippen LogP contribution in [0.5, 0.6) is 5.88 Å². The quantitative estimate of drug-likeness (QED) is 0.157. The molecule has 0 aromatic carbocycles. The summed E-state index contributed by atoms with van der Waals surface area (Å²) in [6.45, 7) is 0.471. The number of nitrogens with zero attached hydrogens (tertiary/aromatic N) is 1. The van der Waals surface area contributed by atoms with Gasteiger partial charge in [0.25, 0.3) is 5.56 Å². The highest BCUT2D eigenvalue weighted by Gasteiger charge is 2.48. The number of rotatable bonds is 10. The normalized spacial score (nSPS) is 27.2. The molecule has 2 heterocycles. The average molecular weight is 542 g/mol. The van der Waals surface area contributed by atoms with Crippen LogP contribution < -0.4 is 16.0 Å². The van der Waals surface area contributed by atoms with E-state index < -0.39 is 65.7 Å². The zero-order valence-electron chi connectivity index (χ0n) is 16.8. The fourth-order valence-corrected chi connectivity index (χ4v) is 5.81. The van der Waals surface area contributed by atoms with Gasteiger partial charge in [-0.05, 0) is 6.92 Å². The van der Waals surface area contributed by atoms with E-state index in [0.29, 0.717) is 0 Å². The van der Waals surface area contributed by atoms with Gasteiger partial charge in [-0.3, -0.25) is 18.9 Å². The molecule has 6 atom stereocenters. The highest BCUT2D eigenvalue weighted by atomic mass is 31.3. The van der Waals surface area contributed by atoms with Gasteiger partial charge in [-0.25, -0.2) is 18.5 Å². The van der Waals surface area contributed by atoms with E-state index in [2.05, 4.69) is 13.1 Å². The third kappa shape index (κ3) is 7.13. The molecule has 1 fully saturated rings. The molecule has 2 unspecified atom stereocenters. The molecule has 0 saturated carbocycles. The summed E-state index contributed by atoms with van der Waals surface area (Å²) in [6, 6.07) is 0. The number of nitrogens with one attached hydrogen (secondary N) is 1. The number of phosphoric acid groups is 3. The second-order valence-electron chi connectivity index (χ2n) is 6.43. The minimum Gasteiger partial charge on any atom is -0.479 e. The summed E-state index contributed by atoms with van der Waals surface area (Å²) in [7, 11) is -15.6. The van der Waals surface area contributed by atoms with Crippen LogP contribution >= 0.6 is 23.5 Å². The van der Waals surface area contributed by atoms with Crippen LogP contribution in [0.4, 0.5) is 0 Å². The summed E-state index contributed by atoms with van der Waals surface area (Å²) in [6.07, 6.45) is -6.89. The number of ether oxygens (including phenoxy) is 2. The van der Waals surface area contributed by atoms with Gasteiger partial charge >= 0.3 is 29.2 Å². The Bertz CT molecular complexity index is 1120. The predicted molar refractivity (Wildman–Crippen MR) is 103 cm³/mol. The fourth-order valence-electron chi connectivity index (χ4n) is 2.78. The molecule has 190 valence electrons. The molecule has 18 nitrogen and oxygen atoms in total. The highest BCUT2D eigenvalue weighted by molar-refractivity contribution is 7.66. The third-order valence-electron chi connectivity index (χ3n) is 4.05. The van der Waals surface area contributed by atoms with Crippen LogP contribution in [0.15, 0.2) is 9.59 Å². The second-order valence-corrected chi connectivity index (χ2v) is 10.9. The first-order valence-corrected chi connectivity index (χ1v) is 13.3. The van der Waals surface area contributed by atoms with Crippen LogP contribution in [0, 0.1) is 0 Å². The van der Waals surface area contributed by atoms with Crippen LogP contribution in [0.1, 0.15) is 18.6 Å². The summed E-state index contributed by atoms with van der Waals surface area (Å²) >= 11 is 0. The van der Waals surface area contributed by atoms with Gasteiger partial charge in [-0.1, -0.05) is 0 Å². The predicted octanol–water partition coefficient (Wildman–Crippen LogP) is -2.02.